The molecule has 0 unspecified atom stereocenters. The number of hydrogen-bond donors (Lipinski definition) is 1. The van der Waals surface area contributed by atoms with Crippen LogP contribution < -0.4 is 0 Å². The van der Waals surface area contributed by atoms with Crippen molar-refractivity contribution in [1.29, 1.82) is 0 Å². The van der Waals surface area contributed by atoms with Crippen LogP contribution in [-0.4, -0.2) is 34.6 Å². The van der Waals surface area contributed by atoms with Crippen LogP contribution in [0.1, 0.15) is 36.9 Å². The number of hydrogen-bond acceptors (Lipinski definition) is 2. The SMILES string of the molecule is CN(CCCCCc1cc(-c2ccccc2)n[nH]1)C(=O)CCc1ccccc1F. The highest BCUT2D eigenvalue weighted by molar-refractivity contribution is 5.76. The Labute approximate surface area is 171 Å². The molecule has 0 aliphatic heterocycles. The van der Waals surface area contributed by atoms with E-state index in [1.54, 1.807) is 23.1 Å². The summed E-state index contributed by atoms with van der Waals surface area (Å²) in [4.78, 5) is 14.0. The van der Waals surface area contributed by atoms with Crippen molar-refractivity contribution in [2.45, 2.75) is 38.5 Å². The van der Waals surface area contributed by atoms with Crippen molar-refractivity contribution >= 4 is 5.91 Å². The molecule has 0 saturated carbocycles. The summed E-state index contributed by atoms with van der Waals surface area (Å²) >= 11 is 0. The molecule has 0 radical (unpaired) electrons. The highest BCUT2D eigenvalue weighted by Crippen LogP contribution is 2.18. The van der Waals surface area contributed by atoms with Gasteiger partial charge in [0.15, 0.2) is 0 Å². The molecular weight excluding hydrogens is 365 g/mol. The fourth-order valence-corrected chi connectivity index (χ4v) is 3.35. The van der Waals surface area contributed by atoms with Gasteiger partial charge in [-0.1, -0.05) is 55.0 Å². The molecule has 0 atom stereocenters. The molecular formula is C24H28FN3O. The quantitative estimate of drug-likeness (QED) is 0.492. The molecule has 0 aliphatic carbocycles. The number of unbranched alkanes of at least 4 members (excludes halogenated alkanes) is 2. The number of nitrogens with one attached hydrogen (secondary N) is 1. The number of benzene rings is 2. The minimum absolute atomic E-state index is 0.0642. The Bertz CT molecular complexity index is 907. The maximum Gasteiger partial charge on any atom is 0.222 e. The number of H-pyrrole nitrogens is 1. The van der Waals surface area contributed by atoms with Crippen LogP contribution in [0.4, 0.5) is 4.39 Å². The number of carbonyl (C=O) groups excluding carboxylic acids is 1. The number of aromatic amines is 1. The molecule has 3 aromatic rings. The molecule has 5 heteroatoms. The fraction of sp³-hybridized carbons (Fsp3) is 0.333. The normalized spacial score (nSPS) is 10.8. The average molecular weight is 394 g/mol. The summed E-state index contributed by atoms with van der Waals surface area (Å²) in [6.07, 6.45) is 4.79. The average Bonchev–Trinajstić information content (AvgIpc) is 3.22. The van der Waals surface area contributed by atoms with Gasteiger partial charge in [-0.05, 0) is 43.4 Å². The van der Waals surface area contributed by atoms with Gasteiger partial charge in [-0.3, -0.25) is 9.89 Å². The molecule has 1 aromatic heterocycles. The van der Waals surface area contributed by atoms with Crippen molar-refractivity contribution in [3.63, 3.8) is 0 Å². The van der Waals surface area contributed by atoms with Gasteiger partial charge >= 0.3 is 0 Å². The molecule has 2 aromatic carbocycles. The van der Waals surface area contributed by atoms with Crippen LogP contribution in [0.5, 0.6) is 0 Å². The van der Waals surface area contributed by atoms with Gasteiger partial charge in [-0.15, -0.1) is 0 Å². The second kappa shape index (κ2) is 10.6. The van der Waals surface area contributed by atoms with Gasteiger partial charge in [0.1, 0.15) is 5.82 Å². The molecule has 1 N–H and O–H groups in total. The van der Waals surface area contributed by atoms with Gasteiger partial charge in [0.05, 0.1) is 5.69 Å². The van der Waals surface area contributed by atoms with Gasteiger partial charge in [0, 0.05) is 31.3 Å². The van der Waals surface area contributed by atoms with Crippen molar-refractivity contribution in [2.24, 2.45) is 0 Å². The van der Waals surface area contributed by atoms with Crippen LogP contribution >= 0.6 is 0 Å². The van der Waals surface area contributed by atoms with Crippen LogP contribution in [0, 0.1) is 5.82 Å². The van der Waals surface area contributed by atoms with Crippen molar-refractivity contribution in [2.75, 3.05) is 13.6 Å². The molecule has 152 valence electrons. The van der Waals surface area contributed by atoms with Gasteiger partial charge in [-0.2, -0.15) is 5.10 Å². The maximum atomic E-state index is 13.6. The zero-order valence-electron chi connectivity index (χ0n) is 16.9. The molecule has 0 bridgehead atoms. The summed E-state index contributed by atoms with van der Waals surface area (Å²) in [5.74, 6) is -0.175. The topological polar surface area (TPSA) is 49.0 Å². The largest absolute Gasteiger partial charge is 0.346 e. The van der Waals surface area contributed by atoms with E-state index in [4.69, 9.17) is 0 Å². The minimum atomic E-state index is -0.239. The Kier molecular flexibility index (Phi) is 7.56. The summed E-state index contributed by atoms with van der Waals surface area (Å²) in [6.45, 7) is 0.731. The first kappa shape index (κ1) is 20.8. The maximum absolute atomic E-state index is 13.6. The van der Waals surface area contributed by atoms with E-state index in [0.717, 1.165) is 49.2 Å². The first-order valence-corrected chi connectivity index (χ1v) is 10.2. The number of amides is 1. The second-order valence-electron chi connectivity index (χ2n) is 7.36. The van der Waals surface area contributed by atoms with Crippen molar-refractivity contribution < 1.29 is 9.18 Å². The Morgan fingerprint density at radius 2 is 1.76 bits per heavy atom. The van der Waals surface area contributed by atoms with E-state index in [1.807, 2.05) is 25.2 Å². The molecule has 0 aliphatic rings. The predicted molar refractivity (Wildman–Crippen MR) is 114 cm³/mol. The number of nitrogens with zero attached hydrogens (tertiary/aromatic N) is 2. The lowest BCUT2D eigenvalue weighted by atomic mass is 10.1. The first-order chi connectivity index (χ1) is 14.1. The van der Waals surface area contributed by atoms with Crippen molar-refractivity contribution in [3.05, 3.63) is 77.7 Å². The third kappa shape index (κ3) is 6.28. The second-order valence-corrected chi connectivity index (χ2v) is 7.36. The molecule has 0 saturated heterocycles. The summed E-state index contributed by atoms with van der Waals surface area (Å²) in [5, 5.41) is 7.50. The fourth-order valence-electron chi connectivity index (χ4n) is 3.35. The summed E-state index contributed by atoms with van der Waals surface area (Å²) in [7, 11) is 1.82. The summed E-state index contributed by atoms with van der Waals surface area (Å²) in [5.41, 5.74) is 3.83. The van der Waals surface area contributed by atoms with E-state index in [2.05, 4.69) is 28.4 Å². The number of aryl methyl sites for hydroxylation is 2. The minimum Gasteiger partial charge on any atom is -0.346 e. The molecule has 1 amide bonds. The van der Waals surface area contributed by atoms with E-state index < -0.39 is 0 Å². The first-order valence-electron chi connectivity index (χ1n) is 10.2. The zero-order valence-corrected chi connectivity index (χ0v) is 16.9. The van der Waals surface area contributed by atoms with E-state index >= 15 is 0 Å². The molecule has 29 heavy (non-hydrogen) atoms. The standard InChI is InChI=1S/C24H28FN3O/c1-28(24(29)16-15-19-10-7-8-14-22(19)25)17-9-3-6-13-21-18-23(27-26-21)20-11-4-2-5-12-20/h2,4-5,7-8,10-12,14,18H,3,6,9,13,15-17H2,1H3,(H,26,27). The van der Waals surface area contributed by atoms with Crippen molar-refractivity contribution in [3.8, 4) is 11.3 Å². The highest BCUT2D eigenvalue weighted by Gasteiger charge is 2.10. The Hall–Kier alpha value is -2.95. The molecule has 3 rings (SSSR count). The lowest BCUT2D eigenvalue weighted by molar-refractivity contribution is -0.129. The van der Waals surface area contributed by atoms with Gasteiger partial charge in [0.2, 0.25) is 5.91 Å². The zero-order chi connectivity index (χ0) is 20.5. The third-order valence-corrected chi connectivity index (χ3v) is 5.13. The van der Waals surface area contributed by atoms with E-state index in [9.17, 15) is 9.18 Å². The predicted octanol–water partition coefficient (Wildman–Crippen LogP) is 5.02. The number of carbonyl (C=O) groups is 1. The lowest BCUT2D eigenvalue weighted by Gasteiger charge is -2.17. The van der Waals surface area contributed by atoms with Crippen molar-refractivity contribution in [1.82, 2.24) is 15.1 Å². The van der Waals surface area contributed by atoms with Crippen LogP contribution in [0.3, 0.4) is 0 Å². The number of aromatic nitrogens is 2. The molecule has 4 nitrogen and oxygen atoms in total. The lowest BCUT2D eigenvalue weighted by Crippen LogP contribution is -2.28. The van der Waals surface area contributed by atoms with Crippen LogP contribution in [-0.2, 0) is 17.6 Å². The number of halogens is 1. The smallest absolute Gasteiger partial charge is 0.222 e. The van der Waals surface area contributed by atoms with E-state index in [1.165, 1.54) is 6.07 Å². The summed E-state index contributed by atoms with van der Waals surface area (Å²) < 4.78 is 13.6. The van der Waals surface area contributed by atoms with Crippen LogP contribution in [0.2, 0.25) is 0 Å². The van der Waals surface area contributed by atoms with Gasteiger partial charge in [0.25, 0.3) is 0 Å². The Morgan fingerprint density at radius 1 is 1.00 bits per heavy atom. The van der Waals surface area contributed by atoms with Gasteiger partial charge < -0.3 is 4.90 Å². The third-order valence-electron chi connectivity index (χ3n) is 5.13. The highest BCUT2D eigenvalue weighted by atomic mass is 19.1. The van der Waals surface area contributed by atoms with Crippen LogP contribution in [0.25, 0.3) is 11.3 Å². The Balaban J connectivity index is 1.32. The number of rotatable bonds is 10. The van der Waals surface area contributed by atoms with Gasteiger partial charge in [-0.25, -0.2) is 4.39 Å². The van der Waals surface area contributed by atoms with Crippen LogP contribution in [0.15, 0.2) is 60.7 Å². The molecule has 0 fully saturated rings. The molecule has 1 heterocycles. The van der Waals surface area contributed by atoms with E-state index in [0.29, 0.717) is 18.4 Å². The van der Waals surface area contributed by atoms with E-state index in [-0.39, 0.29) is 11.7 Å². The summed E-state index contributed by atoms with van der Waals surface area (Å²) in [6, 6.07) is 18.9. The monoisotopic (exact) mass is 393 g/mol. The Morgan fingerprint density at radius 3 is 2.55 bits per heavy atom. The molecule has 0 spiro atoms.